The van der Waals surface area contributed by atoms with E-state index in [2.05, 4.69) is 15.6 Å². The Bertz CT molecular complexity index is 818. The molecular formula is C19H22N4O3. The molecule has 7 nitrogen and oxygen atoms in total. The fraction of sp³-hybridized carbons (Fsp3) is 0.421. The molecule has 3 atom stereocenters. The number of aliphatic hydroxyl groups is 1. The summed E-state index contributed by atoms with van der Waals surface area (Å²) in [5.41, 5.74) is 1.98. The fourth-order valence-corrected chi connectivity index (χ4v) is 3.92. The van der Waals surface area contributed by atoms with Crippen molar-refractivity contribution < 1.29 is 14.7 Å². The Morgan fingerprint density at radius 3 is 3.08 bits per heavy atom. The van der Waals surface area contributed by atoms with Crippen molar-refractivity contribution in [3.63, 3.8) is 0 Å². The highest BCUT2D eigenvalue weighted by molar-refractivity contribution is 6.01. The normalized spacial score (nSPS) is 24.8. The van der Waals surface area contributed by atoms with Gasteiger partial charge in [0.25, 0.3) is 11.8 Å². The Labute approximate surface area is 151 Å². The molecule has 1 unspecified atom stereocenters. The van der Waals surface area contributed by atoms with Gasteiger partial charge in [-0.3, -0.25) is 9.59 Å². The van der Waals surface area contributed by atoms with Gasteiger partial charge < -0.3 is 20.3 Å². The number of aromatic nitrogens is 2. The van der Waals surface area contributed by atoms with Crippen LogP contribution < -0.4 is 10.6 Å². The maximum absolute atomic E-state index is 12.6. The molecule has 0 spiro atoms. The molecule has 0 saturated heterocycles. The van der Waals surface area contributed by atoms with Crippen molar-refractivity contribution in [2.24, 2.45) is 5.92 Å². The van der Waals surface area contributed by atoms with Crippen molar-refractivity contribution in [1.82, 2.24) is 20.2 Å². The fourth-order valence-electron chi connectivity index (χ4n) is 3.92. The molecule has 1 aromatic heterocycles. The summed E-state index contributed by atoms with van der Waals surface area (Å²) in [6, 6.07) is 4.96. The van der Waals surface area contributed by atoms with E-state index in [1.807, 2.05) is 16.8 Å². The van der Waals surface area contributed by atoms with Gasteiger partial charge in [0.2, 0.25) is 0 Å². The molecule has 2 aromatic rings. The van der Waals surface area contributed by atoms with Crippen molar-refractivity contribution in [3.8, 4) is 0 Å². The molecule has 1 fully saturated rings. The zero-order valence-corrected chi connectivity index (χ0v) is 14.4. The molecule has 1 saturated carbocycles. The molecule has 1 aliphatic heterocycles. The van der Waals surface area contributed by atoms with E-state index < -0.39 is 6.10 Å². The summed E-state index contributed by atoms with van der Waals surface area (Å²) in [6.07, 6.45) is 6.98. The number of amides is 2. The minimum absolute atomic E-state index is 0.137. The summed E-state index contributed by atoms with van der Waals surface area (Å²) in [5.74, 6) is -0.0977. The topological polar surface area (TPSA) is 96.2 Å². The number of nitrogens with zero attached hydrogens (tertiary/aromatic N) is 2. The SMILES string of the molecule is O=C(N[C@@H]1CC(Cn2ccnc2)C[C@H]1O)c1ccc2c(c1)C(=O)NCC2. The number of aliphatic hydroxyl groups excluding tert-OH is 1. The summed E-state index contributed by atoms with van der Waals surface area (Å²) in [4.78, 5) is 28.6. The molecule has 2 amide bonds. The number of benzene rings is 1. The summed E-state index contributed by atoms with van der Waals surface area (Å²) in [5, 5.41) is 16.0. The average molecular weight is 354 g/mol. The van der Waals surface area contributed by atoms with E-state index in [-0.39, 0.29) is 17.9 Å². The van der Waals surface area contributed by atoms with Crippen LogP contribution in [0.3, 0.4) is 0 Å². The summed E-state index contributed by atoms with van der Waals surface area (Å²) < 4.78 is 1.99. The first-order chi connectivity index (χ1) is 12.6. The maximum Gasteiger partial charge on any atom is 0.251 e. The van der Waals surface area contributed by atoms with Crippen molar-refractivity contribution in [3.05, 3.63) is 53.6 Å². The quantitative estimate of drug-likeness (QED) is 0.754. The Hall–Kier alpha value is -2.67. The first-order valence-electron chi connectivity index (χ1n) is 8.96. The van der Waals surface area contributed by atoms with Gasteiger partial charge in [0.05, 0.1) is 18.5 Å². The lowest BCUT2D eigenvalue weighted by Gasteiger charge is -2.19. The van der Waals surface area contributed by atoms with Crippen molar-refractivity contribution in [2.45, 2.75) is 38.0 Å². The second-order valence-corrected chi connectivity index (χ2v) is 7.12. The van der Waals surface area contributed by atoms with Gasteiger partial charge >= 0.3 is 0 Å². The summed E-state index contributed by atoms with van der Waals surface area (Å²) in [6.45, 7) is 1.41. The molecule has 136 valence electrons. The Morgan fingerprint density at radius 2 is 2.27 bits per heavy atom. The molecule has 4 rings (SSSR count). The summed E-state index contributed by atoms with van der Waals surface area (Å²) in [7, 11) is 0. The van der Waals surface area contributed by atoms with Crippen LogP contribution in [0, 0.1) is 5.92 Å². The van der Waals surface area contributed by atoms with E-state index in [9.17, 15) is 14.7 Å². The molecule has 7 heteroatoms. The molecule has 1 aromatic carbocycles. The van der Waals surface area contributed by atoms with Crippen LogP contribution in [-0.2, 0) is 13.0 Å². The van der Waals surface area contributed by atoms with E-state index in [0.29, 0.717) is 30.0 Å². The lowest BCUT2D eigenvalue weighted by atomic mass is 9.97. The summed E-state index contributed by atoms with van der Waals surface area (Å²) >= 11 is 0. The molecular weight excluding hydrogens is 332 g/mol. The zero-order valence-electron chi connectivity index (χ0n) is 14.4. The van der Waals surface area contributed by atoms with Crippen LogP contribution in [0.25, 0.3) is 0 Å². The number of nitrogens with one attached hydrogen (secondary N) is 2. The predicted octanol–water partition coefficient (Wildman–Crippen LogP) is 0.738. The predicted molar refractivity (Wildman–Crippen MR) is 94.7 cm³/mol. The Morgan fingerprint density at radius 1 is 1.38 bits per heavy atom. The minimum atomic E-state index is -0.562. The second-order valence-electron chi connectivity index (χ2n) is 7.12. The van der Waals surface area contributed by atoms with Gasteiger partial charge in [0.15, 0.2) is 0 Å². The minimum Gasteiger partial charge on any atom is -0.391 e. The highest BCUT2D eigenvalue weighted by Gasteiger charge is 2.34. The van der Waals surface area contributed by atoms with Crippen LogP contribution in [0.1, 0.15) is 39.1 Å². The average Bonchev–Trinajstić information content (AvgIpc) is 3.25. The molecule has 26 heavy (non-hydrogen) atoms. The third kappa shape index (κ3) is 3.35. The number of fused-ring (bicyclic) bond motifs is 1. The highest BCUT2D eigenvalue weighted by atomic mass is 16.3. The van der Waals surface area contributed by atoms with Crippen LogP contribution in [-0.4, -0.2) is 45.2 Å². The lowest BCUT2D eigenvalue weighted by Crippen LogP contribution is -2.40. The smallest absolute Gasteiger partial charge is 0.251 e. The first-order valence-corrected chi connectivity index (χ1v) is 8.96. The molecule has 3 N–H and O–H groups in total. The largest absolute Gasteiger partial charge is 0.391 e. The third-order valence-corrected chi connectivity index (χ3v) is 5.27. The molecule has 0 radical (unpaired) electrons. The van der Waals surface area contributed by atoms with E-state index in [0.717, 1.165) is 24.9 Å². The molecule has 2 heterocycles. The molecule has 0 bridgehead atoms. The Kier molecular flexibility index (Phi) is 4.46. The number of carbonyl (C=O) groups is 2. The number of carbonyl (C=O) groups excluding carboxylic acids is 2. The third-order valence-electron chi connectivity index (χ3n) is 5.27. The molecule has 1 aliphatic carbocycles. The first kappa shape index (κ1) is 16.8. The van der Waals surface area contributed by atoms with Crippen LogP contribution in [0.2, 0.25) is 0 Å². The van der Waals surface area contributed by atoms with E-state index in [1.54, 1.807) is 24.7 Å². The van der Waals surface area contributed by atoms with Gasteiger partial charge in [-0.1, -0.05) is 6.07 Å². The maximum atomic E-state index is 12.6. The standard InChI is InChI=1S/C19H22N4O3/c24-17-8-12(10-23-6-5-20-11-23)7-16(17)22-18(25)14-2-1-13-3-4-21-19(26)15(13)9-14/h1-2,5-6,9,11-12,16-17,24H,3-4,7-8,10H2,(H,21,26)(H,22,25)/t12?,16-,17-/m1/s1. The number of imidazole rings is 1. The second kappa shape index (κ2) is 6.92. The zero-order chi connectivity index (χ0) is 18.1. The van der Waals surface area contributed by atoms with Crippen molar-refractivity contribution >= 4 is 11.8 Å². The van der Waals surface area contributed by atoms with Crippen LogP contribution >= 0.6 is 0 Å². The Balaban J connectivity index is 1.41. The lowest BCUT2D eigenvalue weighted by molar-refractivity contribution is 0.0872. The van der Waals surface area contributed by atoms with Crippen LogP contribution in [0.4, 0.5) is 0 Å². The number of rotatable bonds is 4. The van der Waals surface area contributed by atoms with Gasteiger partial charge in [-0.15, -0.1) is 0 Å². The number of hydrogen-bond donors (Lipinski definition) is 3. The van der Waals surface area contributed by atoms with Gasteiger partial charge in [0.1, 0.15) is 0 Å². The van der Waals surface area contributed by atoms with Gasteiger partial charge in [-0.25, -0.2) is 4.98 Å². The van der Waals surface area contributed by atoms with E-state index >= 15 is 0 Å². The van der Waals surface area contributed by atoms with Gasteiger partial charge in [0, 0.05) is 36.6 Å². The highest BCUT2D eigenvalue weighted by Crippen LogP contribution is 2.28. The van der Waals surface area contributed by atoms with E-state index in [4.69, 9.17) is 0 Å². The van der Waals surface area contributed by atoms with Crippen molar-refractivity contribution in [1.29, 1.82) is 0 Å². The van der Waals surface area contributed by atoms with Gasteiger partial charge in [-0.2, -0.15) is 0 Å². The van der Waals surface area contributed by atoms with Crippen LogP contribution in [0.5, 0.6) is 0 Å². The molecule has 2 aliphatic rings. The van der Waals surface area contributed by atoms with Gasteiger partial charge in [-0.05, 0) is 42.9 Å². The number of hydrogen-bond acceptors (Lipinski definition) is 4. The van der Waals surface area contributed by atoms with Crippen LogP contribution in [0.15, 0.2) is 36.9 Å². The van der Waals surface area contributed by atoms with Crippen molar-refractivity contribution in [2.75, 3.05) is 6.54 Å². The monoisotopic (exact) mass is 354 g/mol. The van der Waals surface area contributed by atoms with E-state index in [1.165, 1.54) is 0 Å².